The molecular weight excluding hydrogens is 250 g/mol. The average molecular weight is 281 g/mol. The van der Waals surface area contributed by atoms with Gasteiger partial charge in [-0.25, -0.2) is 0 Å². The van der Waals surface area contributed by atoms with Gasteiger partial charge in [-0.15, -0.1) is 0 Å². The highest BCUT2D eigenvalue weighted by molar-refractivity contribution is 5.82. The molecule has 4 heteroatoms. The van der Waals surface area contributed by atoms with Crippen LogP contribution in [0.5, 0.6) is 0 Å². The average Bonchev–Trinajstić information content (AvgIpc) is 2.89. The highest BCUT2D eigenvalue weighted by atomic mass is 16.2. The summed E-state index contributed by atoms with van der Waals surface area (Å²) in [5.41, 5.74) is 6.11. The molecule has 0 spiro atoms. The fourth-order valence-corrected chi connectivity index (χ4v) is 3.48. The van der Waals surface area contributed by atoms with Gasteiger partial charge in [0.15, 0.2) is 0 Å². The van der Waals surface area contributed by atoms with Crippen LogP contribution in [0.2, 0.25) is 0 Å². The summed E-state index contributed by atoms with van der Waals surface area (Å²) in [6.07, 6.45) is 7.15. The van der Waals surface area contributed by atoms with E-state index in [4.69, 9.17) is 5.73 Å². The Morgan fingerprint density at radius 1 is 1.15 bits per heavy atom. The van der Waals surface area contributed by atoms with Gasteiger partial charge in [-0.1, -0.05) is 20.3 Å². The number of nitrogens with zero attached hydrogens (tertiary/aromatic N) is 2. The lowest BCUT2D eigenvalue weighted by Crippen LogP contribution is -2.47. The van der Waals surface area contributed by atoms with Crippen molar-refractivity contribution in [2.75, 3.05) is 26.2 Å². The van der Waals surface area contributed by atoms with Gasteiger partial charge in [-0.2, -0.15) is 0 Å². The smallest absolute Gasteiger partial charge is 0.239 e. The van der Waals surface area contributed by atoms with Crippen molar-refractivity contribution < 1.29 is 4.79 Å². The van der Waals surface area contributed by atoms with Gasteiger partial charge < -0.3 is 15.5 Å². The van der Waals surface area contributed by atoms with Crippen LogP contribution in [0.15, 0.2) is 0 Å². The Labute approximate surface area is 123 Å². The summed E-state index contributed by atoms with van der Waals surface area (Å²) in [6.45, 7) is 8.48. The summed E-state index contributed by atoms with van der Waals surface area (Å²) in [6, 6.07) is 0.374. The van der Waals surface area contributed by atoms with E-state index in [1.165, 1.54) is 32.4 Å². The molecule has 0 saturated carbocycles. The number of hydrogen-bond acceptors (Lipinski definition) is 3. The van der Waals surface area contributed by atoms with Crippen LogP contribution in [-0.2, 0) is 4.79 Å². The summed E-state index contributed by atoms with van der Waals surface area (Å²) < 4.78 is 0. The predicted molar refractivity (Wildman–Crippen MR) is 82.5 cm³/mol. The lowest BCUT2D eigenvalue weighted by atomic mass is 9.99. The van der Waals surface area contributed by atoms with Crippen LogP contribution < -0.4 is 5.73 Å². The topological polar surface area (TPSA) is 49.6 Å². The van der Waals surface area contributed by atoms with E-state index in [0.29, 0.717) is 6.04 Å². The van der Waals surface area contributed by atoms with E-state index in [1.54, 1.807) is 0 Å². The van der Waals surface area contributed by atoms with Crippen LogP contribution in [0.1, 0.15) is 52.4 Å². The first-order valence-corrected chi connectivity index (χ1v) is 8.42. The molecule has 0 aromatic carbocycles. The number of nitrogens with two attached hydrogens (primary N) is 1. The van der Waals surface area contributed by atoms with Crippen molar-refractivity contribution >= 4 is 5.91 Å². The van der Waals surface area contributed by atoms with E-state index >= 15 is 0 Å². The van der Waals surface area contributed by atoms with Crippen molar-refractivity contribution in [2.45, 2.75) is 64.5 Å². The molecule has 0 bridgehead atoms. The predicted octanol–water partition coefficient (Wildman–Crippen LogP) is 1.84. The van der Waals surface area contributed by atoms with Crippen LogP contribution in [0.4, 0.5) is 0 Å². The number of likely N-dealkylation sites (tertiary alicyclic amines) is 2. The third kappa shape index (κ3) is 3.73. The van der Waals surface area contributed by atoms with Crippen molar-refractivity contribution in [3.8, 4) is 0 Å². The molecule has 116 valence electrons. The maximum Gasteiger partial charge on any atom is 0.239 e. The maximum absolute atomic E-state index is 12.5. The number of rotatable bonds is 4. The van der Waals surface area contributed by atoms with Crippen molar-refractivity contribution in [1.29, 1.82) is 0 Å². The minimum absolute atomic E-state index is 0.168. The van der Waals surface area contributed by atoms with Gasteiger partial charge in [0.05, 0.1) is 6.04 Å². The molecule has 2 saturated heterocycles. The molecule has 2 rings (SSSR count). The molecule has 2 N–H and O–H groups in total. The molecule has 0 radical (unpaired) electrons. The molecule has 1 amide bonds. The van der Waals surface area contributed by atoms with E-state index in [2.05, 4.69) is 18.7 Å². The second-order valence-electron chi connectivity index (χ2n) is 6.56. The monoisotopic (exact) mass is 281 g/mol. The zero-order valence-corrected chi connectivity index (χ0v) is 13.2. The summed E-state index contributed by atoms with van der Waals surface area (Å²) in [7, 11) is 0. The second kappa shape index (κ2) is 7.41. The largest absolute Gasteiger partial charge is 0.341 e. The van der Waals surface area contributed by atoms with Crippen LogP contribution in [0.25, 0.3) is 0 Å². The Morgan fingerprint density at radius 2 is 1.85 bits per heavy atom. The first kappa shape index (κ1) is 15.8. The minimum atomic E-state index is -0.316. The Hall–Kier alpha value is -0.610. The van der Waals surface area contributed by atoms with Crippen LogP contribution >= 0.6 is 0 Å². The van der Waals surface area contributed by atoms with Gasteiger partial charge in [0.2, 0.25) is 5.91 Å². The molecule has 2 heterocycles. The standard InChI is InChI=1S/C16H31N3O/c1-3-13(2)15(17)16(20)19-11-6-7-14(8-12-19)18-9-4-5-10-18/h13-15H,3-12,17H2,1-2H3. The molecule has 0 aliphatic carbocycles. The first-order valence-electron chi connectivity index (χ1n) is 8.42. The van der Waals surface area contributed by atoms with Crippen LogP contribution in [0, 0.1) is 5.92 Å². The van der Waals surface area contributed by atoms with Gasteiger partial charge >= 0.3 is 0 Å². The molecule has 2 fully saturated rings. The van der Waals surface area contributed by atoms with E-state index in [1.807, 2.05) is 4.90 Å². The Morgan fingerprint density at radius 3 is 2.50 bits per heavy atom. The molecule has 20 heavy (non-hydrogen) atoms. The molecular formula is C16H31N3O. The SMILES string of the molecule is CCC(C)C(N)C(=O)N1CCCC(N2CCCC2)CC1. The fraction of sp³-hybridized carbons (Fsp3) is 0.938. The summed E-state index contributed by atoms with van der Waals surface area (Å²) in [5.74, 6) is 0.446. The zero-order chi connectivity index (χ0) is 14.5. The van der Waals surface area contributed by atoms with Gasteiger partial charge in [-0.05, 0) is 51.1 Å². The van der Waals surface area contributed by atoms with Crippen LogP contribution in [-0.4, -0.2) is 54.0 Å². The summed E-state index contributed by atoms with van der Waals surface area (Å²) in [4.78, 5) is 17.1. The van der Waals surface area contributed by atoms with E-state index in [9.17, 15) is 4.79 Å². The van der Waals surface area contributed by atoms with E-state index in [-0.39, 0.29) is 17.9 Å². The van der Waals surface area contributed by atoms with Gasteiger partial charge in [0.25, 0.3) is 0 Å². The molecule has 2 aliphatic heterocycles. The third-order valence-corrected chi connectivity index (χ3v) is 5.21. The molecule has 3 unspecified atom stereocenters. The number of carbonyl (C=O) groups excluding carboxylic acids is 1. The van der Waals surface area contributed by atoms with Crippen molar-refractivity contribution in [2.24, 2.45) is 11.7 Å². The van der Waals surface area contributed by atoms with Gasteiger partial charge in [0.1, 0.15) is 0 Å². The molecule has 0 aromatic rings. The van der Waals surface area contributed by atoms with Crippen molar-refractivity contribution in [1.82, 2.24) is 9.80 Å². The molecule has 0 aromatic heterocycles. The highest BCUT2D eigenvalue weighted by Crippen LogP contribution is 2.22. The Balaban J connectivity index is 1.87. The quantitative estimate of drug-likeness (QED) is 0.855. The van der Waals surface area contributed by atoms with Crippen molar-refractivity contribution in [3.05, 3.63) is 0 Å². The molecule has 3 atom stereocenters. The number of hydrogen-bond donors (Lipinski definition) is 1. The lowest BCUT2D eigenvalue weighted by Gasteiger charge is -2.28. The fourth-order valence-electron chi connectivity index (χ4n) is 3.48. The number of amides is 1. The van der Waals surface area contributed by atoms with Crippen LogP contribution in [0.3, 0.4) is 0 Å². The van der Waals surface area contributed by atoms with E-state index < -0.39 is 0 Å². The molecule has 4 nitrogen and oxygen atoms in total. The first-order chi connectivity index (χ1) is 9.63. The summed E-state index contributed by atoms with van der Waals surface area (Å²) >= 11 is 0. The Bertz CT molecular complexity index is 315. The number of carbonyl (C=O) groups is 1. The molecule has 2 aliphatic rings. The maximum atomic E-state index is 12.5. The van der Waals surface area contributed by atoms with Gasteiger partial charge in [-0.3, -0.25) is 4.79 Å². The second-order valence-corrected chi connectivity index (χ2v) is 6.56. The van der Waals surface area contributed by atoms with Crippen molar-refractivity contribution in [3.63, 3.8) is 0 Å². The minimum Gasteiger partial charge on any atom is -0.341 e. The highest BCUT2D eigenvalue weighted by Gasteiger charge is 2.29. The van der Waals surface area contributed by atoms with Gasteiger partial charge in [0, 0.05) is 19.1 Å². The lowest BCUT2D eigenvalue weighted by molar-refractivity contribution is -0.133. The Kier molecular flexibility index (Phi) is 5.85. The normalized spacial score (nSPS) is 28.1. The summed E-state index contributed by atoms with van der Waals surface area (Å²) in [5, 5.41) is 0. The van der Waals surface area contributed by atoms with E-state index in [0.717, 1.165) is 32.4 Å². The zero-order valence-electron chi connectivity index (χ0n) is 13.2. The third-order valence-electron chi connectivity index (χ3n) is 5.21.